The number of methoxy groups -OCH3 is 1. The molecule has 6 nitrogen and oxygen atoms in total. The summed E-state index contributed by atoms with van der Waals surface area (Å²) in [7, 11) is 1.42. The first-order chi connectivity index (χ1) is 14.1. The summed E-state index contributed by atoms with van der Waals surface area (Å²) < 4.78 is 11.2. The van der Waals surface area contributed by atoms with Gasteiger partial charge in [-0.25, -0.2) is 0 Å². The van der Waals surface area contributed by atoms with Gasteiger partial charge in [0.1, 0.15) is 5.60 Å². The number of ketones is 1. The van der Waals surface area contributed by atoms with E-state index in [4.69, 9.17) is 9.47 Å². The van der Waals surface area contributed by atoms with Gasteiger partial charge in [-0.05, 0) is 67.8 Å². The summed E-state index contributed by atoms with van der Waals surface area (Å²) in [5.41, 5.74) is -0.168. The molecule has 1 N–H and O–H groups in total. The van der Waals surface area contributed by atoms with E-state index < -0.39 is 11.7 Å². The number of esters is 2. The lowest BCUT2D eigenvalue weighted by atomic mass is 9.43. The Balaban J connectivity index is 1.62. The number of allylic oxidation sites excluding steroid dienone is 1. The van der Waals surface area contributed by atoms with Gasteiger partial charge in [-0.2, -0.15) is 0 Å². The second-order valence-corrected chi connectivity index (χ2v) is 10.8. The molecule has 0 amide bonds. The van der Waals surface area contributed by atoms with Crippen LogP contribution in [0.2, 0.25) is 0 Å². The molecule has 1 aliphatic heterocycles. The molecule has 5 rings (SSSR count). The number of fused-ring (bicyclic) bond motifs is 6. The molecule has 0 aromatic heterocycles. The molecule has 164 valence electrons. The standard InChI is InChI=1S/C24H32O6/c1-22-7-4-14(25)10-13(22)11-15(21(28)29-3)19-16-5-8-24(9-6-18(27)30-24)23(16,2)12-17(26)20(19)22/h10,15-17,19-20,26H,4-9,11-12H2,1-3H3/t15-,16-,17-,19+,20+,22-,23-,24-/m1/s1. The van der Waals surface area contributed by atoms with Crippen LogP contribution in [0.5, 0.6) is 0 Å². The third-order valence-corrected chi connectivity index (χ3v) is 9.79. The first kappa shape index (κ1) is 20.2. The fourth-order valence-electron chi connectivity index (χ4n) is 8.35. The van der Waals surface area contributed by atoms with Gasteiger partial charge < -0.3 is 14.6 Å². The average Bonchev–Trinajstić information content (AvgIpc) is 3.21. The summed E-state index contributed by atoms with van der Waals surface area (Å²) in [4.78, 5) is 37.2. The smallest absolute Gasteiger partial charge is 0.309 e. The molecule has 1 spiro atoms. The van der Waals surface area contributed by atoms with Crippen LogP contribution >= 0.6 is 0 Å². The summed E-state index contributed by atoms with van der Waals surface area (Å²) in [6.45, 7) is 4.33. The first-order valence-corrected chi connectivity index (χ1v) is 11.4. The summed E-state index contributed by atoms with van der Waals surface area (Å²) >= 11 is 0. The summed E-state index contributed by atoms with van der Waals surface area (Å²) in [5, 5.41) is 11.6. The molecule has 0 radical (unpaired) electrons. The highest BCUT2D eigenvalue weighted by molar-refractivity contribution is 5.92. The first-order valence-electron chi connectivity index (χ1n) is 11.4. The zero-order chi connectivity index (χ0) is 21.5. The van der Waals surface area contributed by atoms with Crippen LogP contribution in [0.15, 0.2) is 11.6 Å². The van der Waals surface area contributed by atoms with Gasteiger partial charge in [-0.1, -0.05) is 19.4 Å². The van der Waals surface area contributed by atoms with Gasteiger partial charge in [-0.15, -0.1) is 0 Å². The van der Waals surface area contributed by atoms with Crippen LogP contribution in [0.4, 0.5) is 0 Å². The zero-order valence-electron chi connectivity index (χ0n) is 18.1. The number of ether oxygens (including phenoxy) is 2. The van der Waals surface area contributed by atoms with Crippen molar-refractivity contribution in [3.05, 3.63) is 11.6 Å². The molecule has 0 unspecified atom stereocenters. The van der Waals surface area contributed by atoms with Crippen LogP contribution in [-0.2, 0) is 23.9 Å². The van der Waals surface area contributed by atoms with E-state index in [9.17, 15) is 19.5 Å². The van der Waals surface area contributed by atoms with E-state index in [1.807, 2.05) is 0 Å². The maximum absolute atomic E-state index is 12.9. The number of carbonyl (C=O) groups is 3. The summed E-state index contributed by atoms with van der Waals surface area (Å²) in [6, 6.07) is 0. The van der Waals surface area contributed by atoms with E-state index >= 15 is 0 Å². The lowest BCUT2D eigenvalue weighted by molar-refractivity contribution is -0.197. The van der Waals surface area contributed by atoms with E-state index in [-0.39, 0.29) is 52.2 Å². The highest BCUT2D eigenvalue weighted by Crippen LogP contribution is 2.70. The maximum Gasteiger partial charge on any atom is 0.309 e. The van der Waals surface area contributed by atoms with Gasteiger partial charge in [0.05, 0.1) is 19.1 Å². The van der Waals surface area contributed by atoms with Gasteiger partial charge in [0, 0.05) is 18.3 Å². The minimum absolute atomic E-state index is 0.0415. The number of rotatable bonds is 1. The SMILES string of the molecule is COC(=O)[C@@H]1CC2=CC(=O)CC[C@@]2(C)[C@@H]2[C@@H]1[C@H]1CC[C@@]3(CCC(=O)O3)[C@]1(C)C[C@H]2O. The van der Waals surface area contributed by atoms with Crippen LogP contribution in [-0.4, -0.2) is 41.6 Å². The second-order valence-electron chi connectivity index (χ2n) is 10.8. The predicted molar refractivity (Wildman–Crippen MR) is 107 cm³/mol. The van der Waals surface area contributed by atoms with Crippen molar-refractivity contribution in [1.29, 1.82) is 0 Å². The Morgan fingerprint density at radius 1 is 1.20 bits per heavy atom. The van der Waals surface area contributed by atoms with Gasteiger partial charge >= 0.3 is 11.9 Å². The van der Waals surface area contributed by atoms with Crippen molar-refractivity contribution in [2.75, 3.05) is 7.11 Å². The molecule has 0 aromatic rings. The molecule has 0 bridgehead atoms. The fraction of sp³-hybridized carbons (Fsp3) is 0.792. The summed E-state index contributed by atoms with van der Waals surface area (Å²) in [6.07, 6.45) is 6.21. The van der Waals surface area contributed by atoms with Crippen LogP contribution in [0.1, 0.15) is 65.2 Å². The number of hydrogen-bond donors (Lipinski definition) is 1. The molecule has 8 atom stereocenters. The molecule has 5 aliphatic rings. The van der Waals surface area contributed by atoms with E-state index in [1.54, 1.807) is 6.08 Å². The molecule has 3 saturated carbocycles. The van der Waals surface area contributed by atoms with E-state index in [2.05, 4.69) is 13.8 Å². The zero-order valence-corrected chi connectivity index (χ0v) is 18.1. The highest BCUT2D eigenvalue weighted by Gasteiger charge is 2.71. The minimum Gasteiger partial charge on any atom is -0.469 e. The van der Waals surface area contributed by atoms with E-state index in [0.29, 0.717) is 38.5 Å². The largest absolute Gasteiger partial charge is 0.469 e. The minimum atomic E-state index is -0.611. The fourth-order valence-corrected chi connectivity index (χ4v) is 8.35. The molecule has 1 saturated heterocycles. The Morgan fingerprint density at radius 3 is 2.63 bits per heavy atom. The quantitative estimate of drug-likeness (QED) is 0.661. The molecule has 6 heteroatoms. The normalized spacial score (nSPS) is 49.7. The molecule has 1 heterocycles. The third-order valence-electron chi connectivity index (χ3n) is 9.79. The monoisotopic (exact) mass is 416 g/mol. The number of aliphatic hydroxyl groups is 1. The van der Waals surface area contributed by atoms with E-state index in [1.165, 1.54) is 7.11 Å². The average molecular weight is 417 g/mol. The maximum atomic E-state index is 12.9. The number of carbonyl (C=O) groups excluding carboxylic acids is 3. The van der Waals surface area contributed by atoms with Crippen molar-refractivity contribution >= 4 is 17.7 Å². The Hall–Kier alpha value is -1.69. The lowest BCUT2D eigenvalue weighted by Gasteiger charge is -2.62. The third kappa shape index (κ3) is 2.43. The van der Waals surface area contributed by atoms with Crippen molar-refractivity contribution in [3.8, 4) is 0 Å². The molecule has 4 fully saturated rings. The van der Waals surface area contributed by atoms with Crippen molar-refractivity contribution in [3.63, 3.8) is 0 Å². The lowest BCUT2D eigenvalue weighted by Crippen LogP contribution is -2.62. The van der Waals surface area contributed by atoms with Crippen molar-refractivity contribution in [2.24, 2.45) is 34.5 Å². The van der Waals surface area contributed by atoms with Crippen molar-refractivity contribution in [2.45, 2.75) is 76.9 Å². The Kier molecular flexibility index (Phi) is 4.32. The Labute approximate surface area is 177 Å². The second kappa shape index (κ2) is 6.41. The molecular weight excluding hydrogens is 384 g/mol. The summed E-state index contributed by atoms with van der Waals surface area (Å²) in [5.74, 6) is -0.636. The van der Waals surface area contributed by atoms with Crippen LogP contribution in [0.25, 0.3) is 0 Å². The van der Waals surface area contributed by atoms with Crippen LogP contribution in [0, 0.1) is 34.5 Å². The molecule has 4 aliphatic carbocycles. The van der Waals surface area contributed by atoms with Gasteiger partial charge in [-0.3, -0.25) is 14.4 Å². The van der Waals surface area contributed by atoms with E-state index in [0.717, 1.165) is 18.4 Å². The van der Waals surface area contributed by atoms with Crippen molar-refractivity contribution in [1.82, 2.24) is 0 Å². The Morgan fingerprint density at radius 2 is 1.97 bits per heavy atom. The van der Waals surface area contributed by atoms with Gasteiger partial charge in [0.15, 0.2) is 5.78 Å². The predicted octanol–water partition coefficient (Wildman–Crippen LogP) is 2.96. The van der Waals surface area contributed by atoms with Crippen LogP contribution < -0.4 is 0 Å². The molecule has 30 heavy (non-hydrogen) atoms. The highest BCUT2D eigenvalue weighted by atomic mass is 16.6. The Bertz CT molecular complexity index is 847. The molecule has 0 aromatic carbocycles. The van der Waals surface area contributed by atoms with Gasteiger partial charge in [0.25, 0.3) is 0 Å². The number of aliphatic hydroxyl groups excluding tert-OH is 1. The van der Waals surface area contributed by atoms with Crippen molar-refractivity contribution < 1.29 is 29.0 Å². The number of hydrogen-bond acceptors (Lipinski definition) is 6. The van der Waals surface area contributed by atoms with Crippen LogP contribution in [0.3, 0.4) is 0 Å². The topological polar surface area (TPSA) is 89.9 Å². The van der Waals surface area contributed by atoms with Gasteiger partial charge in [0.2, 0.25) is 0 Å². The molecular formula is C24H32O6.